The van der Waals surface area contributed by atoms with Crippen molar-refractivity contribution in [2.45, 2.75) is 70.9 Å². The normalized spacial score (nSPS) is 14.1. The standard InChI is InChI=1S/C24H30ClN3O2/c1-23(2,3)28-21(26-19-14-15-20(25)27-22(19)28)13-9-8-12-18(29)16-24(4,30)17-10-6-5-7-11-17/h5-7,10-11,14-15,30H,8-9,12-13,16H2,1-4H3/t24-/m1/s1. The van der Waals surface area contributed by atoms with Gasteiger partial charge in [-0.1, -0.05) is 41.9 Å². The van der Waals surface area contributed by atoms with Crippen LogP contribution in [0.1, 0.15) is 64.8 Å². The highest BCUT2D eigenvalue weighted by Crippen LogP contribution is 2.27. The lowest BCUT2D eigenvalue weighted by atomic mass is 9.89. The highest BCUT2D eigenvalue weighted by Gasteiger charge is 2.26. The number of carbonyl (C=O) groups excluding carboxylic acids is 1. The average molecular weight is 428 g/mol. The lowest BCUT2D eigenvalue weighted by Gasteiger charge is -2.24. The van der Waals surface area contributed by atoms with E-state index in [4.69, 9.17) is 16.6 Å². The highest BCUT2D eigenvalue weighted by molar-refractivity contribution is 6.29. The van der Waals surface area contributed by atoms with Crippen LogP contribution in [0, 0.1) is 0 Å². The molecule has 0 aliphatic heterocycles. The molecule has 0 radical (unpaired) electrons. The summed E-state index contributed by atoms with van der Waals surface area (Å²) >= 11 is 6.10. The summed E-state index contributed by atoms with van der Waals surface area (Å²) in [6, 6.07) is 13.0. The van der Waals surface area contributed by atoms with Gasteiger partial charge in [-0.3, -0.25) is 4.79 Å². The van der Waals surface area contributed by atoms with Gasteiger partial charge in [0.1, 0.15) is 22.3 Å². The van der Waals surface area contributed by atoms with Gasteiger partial charge in [-0.2, -0.15) is 0 Å². The SMILES string of the molecule is CC(C)(C)n1c(CCCCC(=O)C[C@@](C)(O)c2ccccc2)nc2ccc(Cl)nc21. The van der Waals surface area contributed by atoms with Crippen LogP contribution in [0.5, 0.6) is 0 Å². The Hall–Kier alpha value is -2.24. The number of carbonyl (C=O) groups is 1. The molecule has 1 aromatic carbocycles. The molecule has 0 unspecified atom stereocenters. The Morgan fingerprint density at radius 1 is 1.03 bits per heavy atom. The maximum absolute atomic E-state index is 12.4. The van der Waals surface area contributed by atoms with Gasteiger partial charge in [0.25, 0.3) is 0 Å². The molecule has 1 N–H and O–H groups in total. The van der Waals surface area contributed by atoms with Gasteiger partial charge in [0.05, 0.1) is 5.60 Å². The lowest BCUT2D eigenvalue weighted by molar-refractivity contribution is -0.123. The number of aromatic nitrogens is 3. The van der Waals surface area contributed by atoms with Crippen molar-refractivity contribution >= 4 is 28.5 Å². The number of nitrogens with zero attached hydrogens (tertiary/aromatic N) is 3. The third-order valence-electron chi connectivity index (χ3n) is 5.25. The van der Waals surface area contributed by atoms with Gasteiger partial charge in [-0.05, 0) is 58.2 Å². The molecule has 3 aromatic rings. The molecule has 160 valence electrons. The zero-order valence-electron chi connectivity index (χ0n) is 18.2. The molecule has 30 heavy (non-hydrogen) atoms. The molecule has 2 aromatic heterocycles. The first-order chi connectivity index (χ1) is 14.1. The Morgan fingerprint density at radius 2 is 1.73 bits per heavy atom. The van der Waals surface area contributed by atoms with E-state index in [1.807, 2.05) is 36.4 Å². The molecule has 1 atom stereocenters. The zero-order valence-corrected chi connectivity index (χ0v) is 18.9. The number of unbranched alkanes of at least 4 members (excludes halogenated alkanes) is 1. The number of halogens is 1. The molecule has 2 heterocycles. The van der Waals surface area contributed by atoms with Crippen molar-refractivity contribution in [3.63, 3.8) is 0 Å². The van der Waals surface area contributed by atoms with Gasteiger partial charge < -0.3 is 9.67 Å². The number of rotatable bonds is 8. The minimum Gasteiger partial charge on any atom is -0.385 e. The van der Waals surface area contributed by atoms with Crippen molar-refractivity contribution in [3.8, 4) is 0 Å². The Morgan fingerprint density at radius 3 is 2.40 bits per heavy atom. The predicted octanol–water partition coefficient (Wildman–Crippen LogP) is 5.42. The van der Waals surface area contributed by atoms with Gasteiger partial charge in [0, 0.05) is 24.8 Å². The molecule has 0 bridgehead atoms. The topological polar surface area (TPSA) is 68.0 Å². The second-order valence-electron chi connectivity index (χ2n) is 9.07. The van der Waals surface area contributed by atoms with E-state index in [2.05, 4.69) is 30.3 Å². The summed E-state index contributed by atoms with van der Waals surface area (Å²) in [6.45, 7) is 8.06. The van der Waals surface area contributed by atoms with Crippen LogP contribution in [-0.4, -0.2) is 25.4 Å². The van der Waals surface area contributed by atoms with Crippen molar-refractivity contribution in [2.75, 3.05) is 0 Å². The quantitative estimate of drug-likeness (QED) is 0.385. The number of benzene rings is 1. The lowest BCUT2D eigenvalue weighted by Crippen LogP contribution is -2.25. The molecule has 0 saturated heterocycles. The maximum atomic E-state index is 12.4. The van der Waals surface area contributed by atoms with Gasteiger partial charge >= 0.3 is 0 Å². The fraction of sp³-hybridized carbons (Fsp3) is 0.458. The van der Waals surface area contributed by atoms with Crippen LogP contribution in [0.15, 0.2) is 42.5 Å². The summed E-state index contributed by atoms with van der Waals surface area (Å²) in [5, 5.41) is 11.1. The number of imidazole rings is 1. The summed E-state index contributed by atoms with van der Waals surface area (Å²) in [5.74, 6) is 1.03. The van der Waals surface area contributed by atoms with E-state index in [0.717, 1.165) is 41.8 Å². The summed E-state index contributed by atoms with van der Waals surface area (Å²) in [5.41, 5.74) is 1.08. The van der Waals surface area contributed by atoms with Gasteiger partial charge in [-0.15, -0.1) is 0 Å². The molecular formula is C24H30ClN3O2. The minimum atomic E-state index is -1.14. The number of pyridine rings is 1. The van der Waals surface area contributed by atoms with E-state index in [9.17, 15) is 9.90 Å². The van der Waals surface area contributed by atoms with Crippen LogP contribution in [0.2, 0.25) is 5.15 Å². The minimum absolute atomic E-state index is 0.0709. The Balaban J connectivity index is 1.60. The number of aryl methyl sites for hydroxylation is 1. The van der Waals surface area contributed by atoms with Gasteiger partial charge in [0.15, 0.2) is 5.65 Å². The number of hydrogen-bond acceptors (Lipinski definition) is 4. The van der Waals surface area contributed by atoms with E-state index in [1.165, 1.54) is 0 Å². The summed E-state index contributed by atoms with van der Waals surface area (Å²) in [7, 11) is 0. The number of Topliss-reactive ketones (excluding diaryl/α,β-unsaturated/α-hetero) is 1. The van der Waals surface area contributed by atoms with Crippen LogP contribution < -0.4 is 0 Å². The van der Waals surface area contributed by atoms with E-state index in [1.54, 1.807) is 13.0 Å². The molecule has 0 aliphatic rings. The largest absolute Gasteiger partial charge is 0.385 e. The van der Waals surface area contributed by atoms with Crippen LogP contribution in [0.3, 0.4) is 0 Å². The fourth-order valence-electron chi connectivity index (χ4n) is 3.83. The van der Waals surface area contributed by atoms with Crippen molar-refractivity contribution in [1.29, 1.82) is 0 Å². The van der Waals surface area contributed by atoms with Crippen LogP contribution in [-0.2, 0) is 22.4 Å². The van der Waals surface area contributed by atoms with E-state index < -0.39 is 5.60 Å². The van der Waals surface area contributed by atoms with E-state index in [0.29, 0.717) is 11.6 Å². The molecule has 5 nitrogen and oxygen atoms in total. The second kappa shape index (κ2) is 8.86. The van der Waals surface area contributed by atoms with Gasteiger partial charge in [0.2, 0.25) is 0 Å². The first kappa shape index (κ1) is 22.4. The Labute approximate surface area is 183 Å². The molecule has 6 heteroatoms. The summed E-state index contributed by atoms with van der Waals surface area (Å²) < 4.78 is 2.14. The van der Waals surface area contributed by atoms with Crippen molar-refractivity contribution in [3.05, 3.63) is 59.0 Å². The molecule has 0 saturated carbocycles. The first-order valence-electron chi connectivity index (χ1n) is 10.4. The number of aliphatic hydroxyl groups is 1. The smallest absolute Gasteiger partial charge is 0.162 e. The average Bonchev–Trinajstić information content (AvgIpc) is 3.03. The van der Waals surface area contributed by atoms with E-state index in [-0.39, 0.29) is 17.7 Å². The van der Waals surface area contributed by atoms with Crippen molar-refractivity contribution in [2.24, 2.45) is 0 Å². The molecule has 0 aliphatic carbocycles. The van der Waals surface area contributed by atoms with Crippen LogP contribution in [0.4, 0.5) is 0 Å². The Kier molecular flexibility index (Phi) is 6.63. The summed E-state index contributed by atoms with van der Waals surface area (Å²) in [4.78, 5) is 21.7. The second-order valence-corrected chi connectivity index (χ2v) is 9.46. The molecular weight excluding hydrogens is 398 g/mol. The third-order valence-corrected chi connectivity index (χ3v) is 5.46. The highest BCUT2D eigenvalue weighted by atomic mass is 35.5. The zero-order chi connectivity index (χ0) is 21.9. The predicted molar refractivity (Wildman–Crippen MR) is 121 cm³/mol. The molecule has 0 spiro atoms. The van der Waals surface area contributed by atoms with Crippen molar-refractivity contribution in [1.82, 2.24) is 14.5 Å². The molecule has 0 amide bonds. The number of ketones is 1. The molecule has 0 fully saturated rings. The monoisotopic (exact) mass is 427 g/mol. The fourth-order valence-corrected chi connectivity index (χ4v) is 3.97. The summed E-state index contributed by atoms with van der Waals surface area (Å²) in [6.07, 6.45) is 2.92. The number of hydrogen-bond donors (Lipinski definition) is 1. The van der Waals surface area contributed by atoms with Gasteiger partial charge in [-0.25, -0.2) is 9.97 Å². The maximum Gasteiger partial charge on any atom is 0.162 e. The Bertz CT molecular complexity index is 1020. The van der Waals surface area contributed by atoms with Crippen LogP contribution >= 0.6 is 11.6 Å². The third kappa shape index (κ3) is 5.27. The first-order valence-corrected chi connectivity index (χ1v) is 10.8. The van der Waals surface area contributed by atoms with Crippen molar-refractivity contribution < 1.29 is 9.90 Å². The van der Waals surface area contributed by atoms with Crippen LogP contribution in [0.25, 0.3) is 11.2 Å². The van der Waals surface area contributed by atoms with E-state index >= 15 is 0 Å². The number of fused-ring (bicyclic) bond motifs is 1. The molecule has 3 rings (SSSR count).